The summed E-state index contributed by atoms with van der Waals surface area (Å²) in [4.78, 5) is 26.1. The molecule has 0 saturated carbocycles. The summed E-state index contributed by atoms with van der Waals surface area (Å²) in [5.41, 5.74) is 1.42. The zero-order chi connectivity index (χ0) is 21.1. The van der Waals surface area contributed by atoms with Crippen LogP contribution in [0.5, 0.6) is 5.75 Å². The molecule has 4 rings (SSSR count). The van der Waals surface area contributed by atoms with Crippen LogP contribution in [-0.2, 0) is 25.2 Å². The van der Waals surface area contributed by atoms with Crippen molar-refractivity contribution in [2.24, 2.45) is 0 Å². The lowest BCUT2D eigenvalue weighted by Crippen LogP contribution is -2.33. The summed E-state index contributed by atoms with van der Waals surface area (Å²) in [7, 11) is 0. The molecule has 1 unspecified atom stereocenters. The highest BCUT2D eigenvalue weighted by molar-refractivity contribution is 7.75. The molecule has 0 N–H and O–H groups in total. The second-order valence-corrected chi connectivity index (χ2v) is 7.36. The molecule has 0 fully saturated rings. The lowest BCUT2D eigenvalue weighted by Gasteiger charge is -2.13. The fourth-order valence-electron chi connectivity index (χ4n) is 2.97. The van der Waals surface area contributed by atoms with Crippen LogP contribution >= 0.6 is 11.6 Å². The molecule has 0 aliphatic carbocycles. The lowest BCUT2D eigenvalue weighted by molar-refractivity contribution is -0.160. The van der Waals surface area contributed by atoms with Gasteiger partial charge in [0.1, 0.15) is 5.75 Å². The maximum absolute atomic E-state index is 13.0. The molecule has 3 aromatic carbocycles. The largest absolute Gasteiger partial charge is 0.383 e. The molecule has 0 spiro atoms. The van der Waals surface area contributed by atoms with Crippen molar-refractivity contribution in [2.75, 3.05) is 0 Å². The number of amides is 2. The molecule has 3 aromatic rings. The highest BCUT2D eigenvalue weighted by atomic mass is 35.5. The van der Waals surface area contributed by atoms with E-state index in [1.807, 2.05) is 0 Å². The predicted molar refractivity (Wildman–Crippen MR) is 113 cm³/mol. The van der Waals surface area contributed by atoms with Gasteiger partial charge in [-0.25, -0.2) is 0 Å². The minimum atomic E-state index is -2.44. The number of hydroxylamine groups is 2. The maximum atomic E-state index is 13.0. The third kappa shape index (κ3) is 4.04. The van der Waals surface area contributed by atoms with Gasteiger partial charge in [0.25, 0.3) is 11.8 Å². The van der Waals surface area contributed by atoms with Crippen molar-refractivity contribution in [3.63, 3.8) is 0 Å². The molecule has 8 heteroatoms. The van der Waals surface area contributed by atoms with Crippen molar-refractivity contribution < 1.29 is 22.3 Å². The van der Waals surface area contributed by atoms with Crippen molar-refractivity contribution in [3.8, 4) is 5.75 Å². The van der Waals surface area contributed by atoms with Crippen LogP contribution in [0.3, 0.4) is 0 Å². The van der Waals surface area contributed by atoms with E-state index in [2.05, 4.69) is 0 Å². The van der Waals surface area contributed by atoms with Crippen molar-refractivity contribution in [3.05, 3.63) is 101 Å². The third-order valence-corrected chi connectivity index (χ3v) is 5.14. The Hall–Kier alpha value is -3.26. The van der Waals surface area contributed by atoms with Gasteiger partial charge in [0.2, 0.25) is 0 Å². The molecule has 0 aromatic heterocycles. The number of carbonyl (C=O) groups is 2. The van der Waals surface area contributed by atoms with Gasteiger partial charge >= 0.3 is 11.4 Å². The number of imide groups is 1. The quantitative estimate of drug-likeness (QED) is 0.538. The first kappa shape index (κ1) is 20.0. The van der Waals surface area contributed by atoms with Crippen molar-refractivity contribution in [1.29, 1.82) is 0 Å². The number of rotatable bonds is 6. The van der Waals surface area contributed by atoms with E-state index < -0.39 is 23.2 Å². The molecular formula is C22H14ClNO5S. The minimum Gasteiger partial charge on any atom is -0.379 e. The fraction of sp³-hybridized carbons (Fsp3) is 0. The zero-order valence-corrected chi connectivity index (χ0v) is 16.9. The number of hydrogen-bond donors (Lipinski definition) is 0. The van der Waals surface area contributed by atoms with Crippen LogP contribution in [0.2, 0.25) is 5.02 Å². The fourth-order valence-corrected chi connectivity index (χ4v) is 3.65. The van der Waals surface area contributed by atoms with E-state index in [-0.39, 0.29) is 16.9 Å². The highest BCUT2D eigenvalue weighted by Gasteiger charge is 2.42. The van der Waals surface area contributed by atoms with Gasteiger partial charge in [0.05, 0.1) is 11.1 Å². The third-order valence-electron chi connectivity index (χ3n) is 4.28. The molecule has 1 aliphatic rings. The molecule has 0 radical (unpaired) electrons. The summed E-state index contributed by atoms with van der Waals surface area (Å²) in [6.45, 7) is 0. The average molecular weight is 440 g/mol. The number of carbonyl (C=O) groups excluding carboxylic acids is 2. The van der Waals surface area contributed by atoms with Gasteiger partial charge < -0.3 is 4.18 Å². The van der Waals surface area contributed by atoms with E-state index in [0.29, 0.717) is 21.2 Å². The van der Waals surface area contributed by atoms with E-state index in [9.17, 15) is 13.8 Å². The van der Waals surface area contributed by atoms with Crippen molar-refractivity contribution >= 4 is 45.9 Å². The summed E-state index contributed by atoms with van der Waals surface area (Å²) in [5, 5.41) is 0.944. The molecule has 0 bridgehead atoms. The molecule has 2 amide bonds. The van der Waals surface area contributed by atoms with Crippen LogP contribution in [0.4, 0.5) is 0 Å². The van der Waals surface area contributed by atoms with E-state index in [1.54, 1.807) is 72.8 Å². The van der Waals surface area contributed by atoms with E-state index >= 15 is 0 Å². The smallest absolute Gasteiger partial charge is 0.379 e. The van der Waals surface area contributed by atoms with Gasteiger partial charge in [0, 0.05) is 5.02 Å². The Balaban J connectivity index is 1.64. The Morgan fingerprint density at radius 2 is 1.17 bits per heavy atom. The van der Waals surface area contributed by atoms with E-state index in [0.717, 1.165) is 0 Å². The van der Waals surface area contributed by atoms with Gasteiger partial charge in [-0.2, -0.15) is 4.21 Å². The molecular weight excluding hydrogens is 426 g/mol. The highest BCUT2D eigenvalue weighted by Crippen LogP contribution is 2.36. The van der Waals surface area contributed by atoms with E-state index in [4.69, 9.17) is 20.1 Å². The second kappa shape index (κ2) is 8.62. The second-order valence-electron chi connectivity index (χ2n) is 6.20. The van der Waals surface area contributed by atoms with Crippen LogP contribution in [-0.4, -0.2) is 21.1 Å². The Bertz CT molecular complexity index is 1090. The van der Waals surface area contributed by atoms with Crippen LogP contribution in [0.25, 0.3) is 11.1 Å². The van der Waals surface area contributed by atoms with Gasteiger partial charge in [-0.1, -0.05) is 72.3 Å². The van der Waals surface area contributed by atoms with Crippen LogP contribution in [0.1, 0.15) is 11.1 Å². The lowest BCUT2D eigenvalue weighted by atomic mass is 9.96. The Kier molecular flexibility index (Phi) is 5.76. The number of hydrogen-bond acceptors (Lipinski definition) is 5. The topological polar surface area (TPSA) is 72.9 Å². The summed E-state index contributed by atoms with van der Waals surface area (Å²) in [6.07, 6.45) is 0. The van der Waals surface area contributed by atoms with Crippen molar-refractivity contribution in [2.45, 2.75) is 0 Å². The summed E-state index contributed by atoms with van der Waals surface area (Å²) in [6, 6.07) is 23.6. The van der Waals surface area contributed by atoms with Gasteiger partial charge in [-0.05, 0) is 35.4 Å². The Morgan fingerprint density at radius 1 is 0.700 bits per heavy atom. The summed E-state index contributed by atoms with van der Waals surface area (Å²) >= 11 is 3.37. The predicted octanol–water partition coefficient (Wildman–Crippen LogP) is 4.21. The van der Waals surface area contributed by atoms with Crippen LogP contribution in [0, 0.1) is 0 Å². The first-order valence-electron chi connectivity index (χ1n) is 8.82. The minimum absolute atomic E-state index is 0.162. The molecule has 0 saturated heterocycles. The standard InChI is InChI=1S/C22H14ClNO5S/c23-17-11-13-18(14-12-17)28-30(27)29-24-21(25)19(15-7-3-1-4-8-15)20(22(24)26)16-9-5-2-6-10-16/h1-14H. The maximum Gasteiger partial charge on any atom is 0.383 e. The van der Waals surface area contributed by atoms with E-state index in [1.165, 1.54) is 12.1 Å². The van der Waals surface area contributed by atoms with Crippen LogP contribution in [0.15, 0.2) is 84.9 Å². The number of nitrogens with zero attached hydrogens (tertiary/aromatic N) is 1. The van der Waals surface area contributed by atoms with Gasteiger partial charge in [-0.15, -0.1) is 9.35 Å². The first-order chi connectivity index (χ1) is 14.5. The SMILES string of the molecule is O=C1C(c2ccccc2)=C(c2ccccc2)C(=O)N1OS(=O)Oc1ccc(Cl)cc1. The van der Waals surface area contributed by atoms with Gasteiger partial charge in [0.15, 0.2) is 0 Å². The Morgan fingerprint density at radius 3 is 1.63 bits per heavy atom. The summed E-state index contributed by atoms with van der Waals surface area (Å²) < 4.78 is 22.5. The van der Waals surface area contributed by atoms with Crippen molar-refractivity contribution in [1.82, 2.24) is 5.06 Å². The summed E-state index contributed by atoms with van der Waals surface area (Å²) in [5.74, 6) is -1.24. The normalized spacial score (nSPS) is 14.9. The molecule has 1 aliphatic heterocycles. The first-order valence-corrected chi connectivity index (χ1v) is 10.2. The molecule has 150 valence electrons. The number of benzene rings is 3. The zero-order valence-electron chi connectivity index (χ0n) is 15.4. The Labute approximate surface area is 180 Å². The monoisotopic (exact) mass is 439 g/mol. The average Bonchev–Trinajstić information content (AvgIpc) is 3.01. The van der Waals surface area contributed by atoms with Gasteiger partial charge in [-0.3, -0.25) is 9.59 Å². The van der Waals surface area contributed by atoms with Crippen LogP contribution < -0.4 is 4.18 Å². The molecule has 1 atom stereocenters. The number of halogens is 1. The molecule has 1 heterocycles. The molecule has 30 heavy (non-hydrogen) atoms. The molecule has 6 nitrogen and oxygen atoms in total.